The van der Waals surface area contributed by atoms with E-state index in [0.29, 0.717) is 5.69 Å². The molecule has 2 aromatic rings. The minimum Gasteiger partial charge on any atom is -0.464 e. The zero-order valence-electron chi connectivity index (χ0n) is 10.1. The summed E-state index contributed by atoms with van der Waals surface area (Å²) in [5, 5.41) is 2.62. The monoisotopic (exact) mass is 259 g/mol. The van der Waals surface area contributed by atoms with Crippen LogP contribution in [0.4, 0.5) is 0 Å². The van der Waals surface area contributed by atoms with Crippen LogP contribution in [0.2, 0.25) is 0 Å². The van der Waals surface area contributed by atoms with Crippen molar-refractivity contribution in [3.05, 3.63) is 40.4 Å². The molecule has 0 aliphatic heterocycles. The highest BCUT2D eigenvalue weighted by Crippen LogP contribution is 2.29. The van der Waals surface area contributed by atoms with E-state index < -0.39 is 0 Å². The maximum Gasteiger partial charge on any atom is 0.357 e. The molecule has 1 aliphatic rings. The Balaban J connectivity index is 1.95. The van der Waals surface area contributed by atoms with Crippen LogP contribution in [-0.2, 0) is 17.6 Å². The number of aryl methyl sites for hydroxylation is 2. The summed E-state index contributed by atoms with van der Waals surface area (Å²) < 4.78 is 4.66. The summed E-state index contributed by atoms with van der Waals surface area (Å²) in [7, 11) is 1.37. The number of esters is 1. The number of aromatic nitrogens is 1. The first kappa shape index (κ1) is 11.4. The van der Waals surface area contributed by atoms with Gasteiger partial charge in [0, 0.05) is 10.9 Å². The summed E-state index contributed by atoms with van der Waals surface area (Å²) in [6, 6.07) is 6.46. The van der Waals surface area contributed by atoms with Gasteiger partial charge in [-0.1, -0.05) is 12.1 Å². The van der Waals surface area contributed by atoms with Gasteiger partial charge in [0.15, 0.2) is 5.69 Å². The van der Waals surface area contributed by atoms with Crippen molar-refractivity contribution in [2.45, 2.75) is 19.3 Å². The molecule has 3 rings (SSSR count). The molecule has 0 spiro atoms. The molecule has 0 saturated carbocycles. The second-order valence-electron chi connectivity index (χ2n) is 4.37. The van der Waals surface area contributed by atoms with Crippen LogP contribution >= 0.6 is 11.3 Å². The van der Waals surface area contributed by atoms with Gasteiger partial charge in [-0.3, -0.25) is 0 Å². The van der Waals surface area contributed by atoms with Crippen molar-refractivity contribution in [1.29, 1.82) is 0 Å². The molecule has 1 aromatic carbocycles. The molecule has 1 heterocycles. The van der Waals surface area contributed by atoms with Crippen LogP contribution in [0.1, 0.15) is 28.0 Å². The van der Waals surface area contributed by atoms with E-state index in [1.165, 1.54) is 42.4 Å². The number of fused-ring (bicyclic) bond motifs is 1. The molecule has 4 heteroatoms. The molecular weight excluding hydrogens is 246 g/mol. The van der Waals surface area contributed by atoms with E-state index in [0.717, 1.165) is 17.0 Å². The van der Waals surface area contributed by atoms with Crippen molar-refractivity contribution in [3.63, 3.8) is 0 Å². The number of rotatable bonds is 2. The lowest BCUT2D eigenvalue weighted by atomic mass is 10.1. The van der Waals surface area contributed by atoms with Gasteiger partial charge in [0.1, 0.15) is 5.01 Å². The fourth-order valence-corrected chi connectivity index (χ4v) is 3.10. The van der Waals surface area contributed by atoms with Crippen LogP contribution in [0.3, 0.4) is 0 Å². The predicted octanol–water partition coefficient (Wildman–Crippen LogP) is 3.09. The van der Waals surface area contributed by atoms with Crippen LogP contribution < -0.4 is 0 Å². The molecule has 3 nitrogen and oxygen atoms in total. The van der Waals surface area contributed by atoms with Gasteiger partial charge in [0.25, 0.3) is 0 Å². The van der Waals surface area contributed by atoms with Crippen molar-refractivity contribution >= 4 is 17.3 Å². The number of hydrogen-bond donors (Lipinski definition) is 0. The Morgan fingerprint density at radius 2 is 2.17 bits per heavy atom. The highest BCUT2D eigenvalue weighted by molar-refractivity contribution is 7.13. The van der Waals surface area contributed by atoms with Gasteiger partial charge in [0.05, 0.1) is 7.11 Å². The third-order valence-electron chi connectivity index (χ3n) is 3.24. The van der Waals surface area contributed by atoms with Crippen LogP contribution in [0.25, 0.3) is 10.6 Å². The topological polar surface area (TPSA) is 39.2 Å². The first-order valence-corrected chi connectivity index (χ1v) is 6.82. The summed E-state index contributed by atoms with van der Waals surface area (Å²) in [6.07, 6.45) is 3.57. The summed E-state index contributed by atoms with van der Waals surface area (Å²) in [5.74, 6) is -0.376. The second kappa shape index (κ2) is 4.53. The van der Waals surface area contributed by atoms with Crippen molar-refractivity contribution in [1.82, 2.24) is 4.98 Å². The molecule has 1 aliphatic carbocycles. The number of methoxy groups -OCH3 is 1. The molecule has 18 heavy (non-hydrogen) atoms. The quantitative estimate of drug-likeness (QED) is 0.778. The molecule has 0 bridgehead atoms. The number of thiazole rings is 1. The molecule has 0 saturated heterocycles. The van der Waals surface area contributed by atoms with E-state index in [-0.39, 0.29) is 5.97 Å². The summed E-state index contributed by atoms with van der Waals surface area (Å²) in [4.78, 5) is 15.7. The SMILES string of the molecule is COC(=O)c1csc(-c2ccc3c(c2)CCC3)n1. The third-order valence-corrected chi connectivity index (χ3v) is 4.14. The minimum absolute atomic E-state index is 0.376. The zero-order valence-corrected chi connectivity index (χ0v) is 10.9. The van der Waals surface area contributed by atoms with E-state index in [4.69, 9.17) is 0 Å². The van der Waals surface area contributed by atoms with Crippen LogP contribution in [-0.4, -0.2) is 18.1 Å². The van der Waals surface area contributed by atoms with Gasteiger partial charge in [-0.05, 0) is 36.5 Å². The average molecular weight is 259 g/mol. The maximum absolute atomic E-state index is 11.4. The van der Waals surface area contributed by atoms with Gasteiger partial charge in [-0.25, -0.2) is 9.78 Å². The van der Waals surface area contributed by atoms with E-state index in [9.17, 15) is 4.79 Å². The Hall–Kier alpha value is -1.68. The molecule has 0 fully saturated rings. The first-order chi connectivity index (χ1) is 8.78. The number of ether oxygens (including phenoxy) is 1. The lowest BCUT2D eigenvalue weighted by Gasteiger charge is -2.01. The lowest BCUT2D eigenvalue weighted by Crippen LogP contribution is -2.00. The van der Waals surface area contributed by atoms with Gasteiger partial charge in [0.2, 0.25) is 0 Å². The van der Waals surface area contributed by atoms with Gasteiger partial charge in [-0.15, -0.1) is 11.3 Å². The molecule has 92 valence electrons. The number of carbonyl (C=O) groups is 1. The van der Waals surface area contributed by atoms with Crippen molar-refractivity contribution in [2.75, 3.05) is 7.11 Å². The summed E-state index contributed by atoms with van der Waals surface area (Å²) >= 11 is 1.48. The predicted molar refractivity (Wildman–Crippen MR) is 70.9 cm³/mol. The standard InChI is InChI=1S/C14H13NO2S/c1-17-14(16)12-8-18-13(15-12)11-6-5-9-3-2-4-10(9)7-11/h5-8H,2-4H2,1H3. The number of hydrogen-bond acceptors (Lipinski definition) is 4. The fraction of sp³-hybridized carbons (Fsp3) is 0.286. The number of nitrogens with zero attached hydrogens (tertiary/aromatic N) is 1. The Morgan fingerprint density at radius 1 is 1.33 bits per heavy atom. The van der Waals surface area contributed by atoms with Gasteiger partial charge >= 0.3 is 5.97 Å². The van der Waals surface area contributed by atoms with Crippen molar-refractivity contribution < 1.29 is 9.53 Å². The van der Waals surface area contributed by atoms with Crippen LogP contribution in [0.15, 0.2) is 23.6 Å². The zero-order chi connectivity index (χ0) is 12.5. The molecule has 0 radical (unpaired) electrons. The summed E-state index contributed by atoms with van der Waals surface area (Å²) in [6.45, 7) is 0. The van der Waals surface area contributed by atoms with Crippen molar-refractivity contribution in [3.8, 4) is 10.6 Å². The summed E-state index contributed by atoms with van der Waals surface area (Å²) in [5.41, 5.74) is 4.35. The Kier molecular flexibility index (Phi) is 2.88. The van der Waals surface area contributed by atoms with E-state index in [2.05, 4.69) is 27.9 Å². The molecule has 1 aromatic heterocycles. The molecular formula is C14H13NO2S. The number of carbonyl (C=O) groups excluding carboxylic acids is 1. The molecule has 0 atom stereocenters. The first-order valence-electron chi connectivity index (χ1n) is 5.94. The van der Waals surface area contributed by atoms with E-state index in [1.807, 2.05) is 0 Å². The smallest absolute Gasteiger partial charge is 0.357 e. The van der Waals surface area contributed by atoms with Crippen molar-refractivity contribution in [2.24, 2.45) is 0 Å². The number of benzene rings is 1. The third kappa shape index (κ3) is 1.93. The van der Waals surface area contributed by atoms with Gasteiger partial charge in [-0.2, -0.15) is 0 Å². The molecule has 0 N–H and O–H groups in total. The van der Waals surface area contributed by atoms with E-state index >= 15 is 0 Å². The highest BCUT2D eigenvalue weighted by Gasteiger charge is 2.15. The van der Waals surface area contributed by atoms with Crippen LogP contribution in [0.5, 0.6) is 0 Å². The molecule has 0 amide bonds. The normalized spacial score (nSPS) is 13.4. The largest absolute Gasteiger partial charge is 0.464 e. The Labute approximate surface area is 109 Å². The Bertz CT molecular complexity index is 604. The average Bonchev–Trinajstić information content (AvgIpc) is 3.05. The van der Waals surface area contributed by atoms with E-state index in [1.54, 1.807) is 5.38 Å². The second-order valence-corrected chi connectivity index (χ2v) is 5.22. The maximum atomic E-state index is 11.4. The lowest BCUT2D eigenvalue weighted by molar-refractivity contribution is 0.0595. The minimum atomic E-state index is -0.376. The highest BCUT2D eigenvalue weighted by atomic mass is 32.1. The van der Waals surface area contributed by atoms with Gasteiger partial charge < -0.3 is 4.74 Å². The molecule has 0 unspecified atom stereocenters. The fourth-order valence-electron chi connectivity index (χ4n) is 2.31. The van der Waals surface area contributed by atoms with Crippen LogP contribution in [0, 0.1) is 0 Å². The Morgan fingerprint density at radius 3 is 3.00 bits per heavy atom.